The second-order valence-corrected chi connectivity index (χ2v) is 12.8. The van der Waals surface area contributed by atoms with Crippen molar-refractivity contribution < 1.29 is 0 Å². The highest BCUT2D eigenvalue weighted by Gasteiger charge is 2.52. The average Bonchev–Trinajstić information content (AvgIpc) is 3.21. The predicted octanol–water partition coefficient (Wildman–Crippen LogP) is 8.78. The van der Waals surface area contributed by atoms with Gasteiger partial charge in [0.05, 0.1) is 22.1 Å². The summed E-state index contributed by atoms with van der Waals surface area (Å²) in [7, 11) is 0. The lowest BCUT2D eigenvalue weighted by atomic mass is 9.47. The third-order valence-electron chi connectivity index (χ3n) is 10.9. The zero-order valence-electron chi connectivity index (χ0n) is 21.5. The smallest absolute Gasteiger partial charge is 0.0822 e. The summed E-state index contributed by atoms with van der Waals surface area (Å²) < 4.78 is 2.63. The van der Waals surface area contributed by atoms with Gasteiger partial charge < -0.3 is 4.40 Å². The fourth-order valence-electron chi connectivity index (χ4n) is 9.66. The number of para-hydroxylation sites is 1. The number of hydrogen-bond donors (Lipinski definition) is 0. The Balaban J connectivity index is 1.56. The first-order valence-corrected chi connectivity index (χ1v) is 14.0. The van der Waals surface area contributed by atoms with Crippen molar-refractivity contribution in [2.45, 2.75) is 64.7 Å². The van der Waals surface area contributed by atoms with Crippen molar-refractivity contribution in [3.05, 3.63) is 70.9 Å². The zero-order chi connectivity index (χ0) is 23.9. The van der Waals surface area contributed by atoms with Gasteiger partial charge in [0.1, 0.15) is 0 Å². The van der Waals surface area contributed by atoms with Crippen molar-refractivity contribution in [2.24, 2.45) is 17.8 Å². The van der Waals surface area contributed by atoms with Crippen LogP contribution < -0.4 is 0 Å². The average molecular weight is 469 g/mol. The van der Waals surface area contributed by atoms with E-state index in [-0.39, 0.29) is 0 Å². The number of pyridine rings is 2. The molecule has 4 fully saturated rings. The highest BCUT2D eigenvalue weighted by molar-refractivity contribution is 6.29. The van der Waals surface area contributed by atoms with Gasteiger partial charge in [-0.05, 0) is 134 Å². The van der Waals surface area contributed by atoms with Gasteiger partial charge in [-0.15, -0.1) is 0 Å². The first-order chi connectivity index (χ1) is 17.5. The molecule has 0 unspecified atom stereocenters. The molecule has 0 radical (unpaired) electrons. The molecule has 2 nitrogen and oxygen atoms in total. The van der Waals surface area contributed by atoms with Crippen LogP contribution in [0, 0.1) is 38.5 Å². The van der Waals surface area contributed by atoms with Crippen LogP contribution in [0.1, 0.15) is 60.8 Å². The van der Waals surface area contributed by atoms with Gasteiger partial charge in [0.25, 0.3) is 0 Å². The summed E-state index contributed by atoms with van der Waals surface area (Å²) >= 11 is 0. The first kappa shape index (κ1) is 20.0. The van der Waals surface area contributed by atoms with E-state index in [0.29, 0.717) is 5.41 Å². The Morgan fingerprint density at radius 3 is 2.25 bits per heavy atom. The molecule has 0 spiro atoms. The number of nitrogens with zero attached hydrogens (tertiary/aromatic N) is 2. The molecule has 0 amide bonds. The third kappa shape index (κ3) is 2.24. The number of benzene rings is 3. The lowest BCUT2D eigenvalue weighted by molar-refractivity contribution is -0.00441. The van der Waals surface area contributed by atoms with Crippen LogP contribution in [-0.4, -0.2) is 9.38 Å². The molecule has 36 heavy (non-hydrogen) atoms. The molecule has 2 heteroatoms. The van der Waals surface area contributed by atoms with Crippen LogP contribution in [0.3, 0.4) is 0 Å². The summed E-state index contributed by atoms with van der Waals surface area (Å²) in [5, 5.41) is 6.98. The maximum absolute atomic E-state index is 5.05. The standard InChI is InChI=1S/C34H32N2/c1-18-10-26-31-29-24(8-9-35-31)14-27(34-15-21-11-22(16-34)13-23(12-21)17-34)30-25-6-4-5-7-28(25)36(33(29)30)32(26)20(3)19(18)2/h4-10,14,21-23H,11-13,15-17H2,1-3H3. The molecule has 0 atom stereocenters. The van der Waals surface area contributed by atoms with E-state index in [1.165, 1.54) is 104 Å². The second-order valence-electron chi connectivity index (χ2n) is 12.8. The van der Waals surface area contributed by atoms with Crippen LogP contribution in [-0.2, 0) is 5.41 Å². The molecule has 3 aromatic heterocycles. The minimum atomic E-state index is 0.347. The fourth-order valence-corrected chi connectivity index (χ4v) is 9.66. The molecule has 0 N–H and O–H groups in total. The molecule has 178 valence electrons. The van der Waals surface area contributed by atoms with Gasteiger partial charge >= 0.3 is 0 Å². The lowest BCUT2D eigenvalue weighted by Gasteiger charge is -2.57. The minimum Gasteiger partial charge on any atom is -0.308 e. The Bertz CT molecular complexity index is 1870. The van der Waals surface area contributed by atoms with Crippen LogP contribution in [0.15, 0.2) is 48.7 Å². The van der Waals surface area contributed by atoms with E-state index in [1.807, 2.05) is 0 Å². The molecule has 0 aliphatic heterocycles. The normalized spacial score (nSPS) is 27.6. The van der Waals surface area contributed by atoms with Crippen molar-refractivity contribution >= 4 is 49.0 Å². The van der Waals surface area contributed by atoms with Crippen LogP contribution in [0.4, 0.5) is 0 Å². The summed E-state index contributed by atoms with van der Waals surface area (Å²) in [5.74, 6) is 2.81. The summed E-state index contributed by atoms with van der Waals surface area (Å²) in [5.41, 5.74) is 11.4. The number of rotatable bonds is 1. The number of aromatic nitrogens is 2. The van der Waals surface area contributed by atoms with Gasteiger partial charge in [-0.1, -0.05) is 18.2 Å². The van der Waals surface area contributed by atoms with Crippen molar-refractivity contribution in [3.63, 3.8) is 0 Å². The number of aryl methyl sites for hydroxylation is 2. The van der Waals surface area contributed by atoms with E-state index in [1.54, 1.807) is 5.56 Å². The maximum Gasteiger partial charge on any atom is 0.0822 e. The number of fused-ring (bicyclic) bond motifs is 6. The first-order valence-electron chi connectivity index (χ1n) is 14.0. The Labute approximate surface area is 211 Å². The Morgan fingerprint density at radius 1 is 0.778 bits per heavy atom. The summed E-state index contributed by atoms with van der Waals surface area (Å²) in [6.45, 7) is 6.84. The molecular formula is C34H32N2. The molecule has 10 rings (SSSR count). The summed E-state index contributed by atoms with van der Waals surface area (Å²) in [6.07, 6.45) is 10.7. The van der Waals surface area contributed by atoms with Crippen LogP contribution >= 0.6 is 0 Å². The van der Waals surface area contributed by atoms with Crippen molar-refractivity contribution in [1.82, 2.24) is 9.38 Å². The van der Waals surface area contributed by atoms with Gasteiger partial charge in [-0.3, -0.25) is 4.98 Å². The molecule has 4 aliphatic carbocycles. The fraction of sp³-hybridized carbons (Fsp3) is 0.382. The Morgan fingerprint density at radius 2 is 1.50 bits per heavy atom. The van der Waals surface area contributed by atoms with E-state index in [2.05, 4.69) is 73.8 Å². The quantitative estimate of drug-likeness (QED) is 0.174. The monoisotopic (exact) mass is 468 g/mol. The van der Waals surface area contributed by atoms with E-state index < -0.39 is 0 Å². The summed E-state index contributed by atoms with van der Waals surface area (Å²) in [4.78, 5) is 5.05. The van der Waals surface area contributed by atoms with Gasteiger partial charge in [-0.2, -0.15) is 0 Å². The van der Waals surface area contributed by atoms with Gasteiger partial charge in [0.15, 0.2) is 0 Å². The maximum atomic E-state index is 5.05. The van der Waals surface area contributed by atoms with Crippen LogP contribution in [0.2, 0.25) is 0 Å². The topological polar surface area (TPSA) is 17.3 Å². The Hall–Kier alpha value is -3.13. The van der Waals surface area contributed by atoms with Crippen LogP contribution in [0.5, 0.6) is 0 Å². The zero-order valence-corrected chi connectivity index (χ0v) is 21.5. The van der Waals surface area contributed by atoms with Gasteiger partial charge in [-0.25, -0.2) is 0 Å². The van der Waals surface area contributed by atoms with E-state index >= 15 is 0 Å². The molecule has 4 saturated carbocycles. The lowest BCUT2D eigenvalue weighted by Crippen LogP contribution is -2.48. The SMILES string of the molecule is Cc1cc2c3nccc4cc(C56CC7CC(CC(C7)C5)C6)c5c6ccccc6n(c2c(C)c1C)c5c43. The van der Waals surface area contributed by atoms with E-state index in [4.69, 9.17) is 4.98 Å². The van der Waals surface area contributed by atoms with Crippen LogP contribution in [0.25, 0.3) is 49.0 Å². The minimum absolute atomic E-state index is 0.347. The van der Waals surface area contributed by atoms with Crippen molar-refractivity contribution in [2.75, 3.05) is 0 Å². The molecule has 3 heterocycles. The van der Waals surface area contributed by atoms with Gasteiger partial charge in [0.2, 0.25) is 0 Å². The highest BCUT2D eigenvalue weighted by atomic mass is 14.9. The molecular weight excluding hydrogens is 436 g/mol. The Kier molecular flexibility index (Phi) is 3.56. The molecule has 0 saturated heterocycles. The highest BCUT2D eigenvalue weighted by Crippen LogP contribution is 2.62. The molecule has 4 bridgehead atoms. The number of hydrogen-bond acceptors (Lipinski definition) is 1. The van der Waals surface area contributed by atoms with E-state index in [0.717, 1.165) is 17.8 Å². The molecule has 4 aliphatic rings. The molecule has 3 aromatic carbocycles. The van der Waals surface area contributed by atoms with Crippen molar-refractivity contribution in [3.8, 4) is 0 Å². The predicted molar refractivity (Wildman–Crippen MR) is 150 cm³/mol. The van der Waals surface area contributed by atoms with Crippen molar-refractivity contribution in [1.29, 1.82) is 0 Å². The second kappa shape index (κ2) is 6.40. The largest absolute Gasteiger partial charge is 0.308 e. The van der Waals surface area contributed by atoms with E-state index in [9.17, 15) is 0 Å². The summed E-state index contributed by atoms with van der Waals surface area (Å²) in [6, 6.07) is 16.5. The van der Waals surface area contributed by atoms with Gasteiger partial charge in [0, 0.05) is 27.7 Å². The molecule has 6 aromatic rings. The third-order valence-corrected chi connectivity index (χ3v) is 10.9.